The van der Waals surface area contributed by atoms with E-state index in [1.807, 2.05) is 38.1 Å². The second kappa shape index (κ2) is 6.86. The molecule has 1 N–H and O–H groups in total. The van der Waals surface area contributed by atoms with Crippen molar-refractivity contribution >= 4 is 5.91 Å². The molecule has 3 rings (SSSR count). The van der Waals surface area contributed by atoms with Gasteiger partial charge in [-0.15, -0.1) is 0 Å². The molecule has 1 amide bonds. The topological polar surface area (TPSA) is 75.3 Å². The lowest BCUT2D eigenvalue weighted by molar-refractivity contribution is -0.139. The average molecular weight is 327 g/mol. The molecular formula is C18H21N3O3. The molecule has 1 aliphatic rings. The van der Waals surface area contributed by atoms with Crippen molar-refractivity contribution in [2.24, 2.45) is 0 Å². The van der Waals surface area contributed by atoms with Gasteiger partial charge in [0.2, 0.25) is 0 Å². The SMILES string of the molecule is CC[C@H](Oc1ccccc1C)C(=O)N1CCc2c(nc[nH]c2=O)C1. The molecule has 126 valence electrons. The zero-order chi connectivity index (χ0) is 17.1. The molecule has 1 aliphatic heterocycles. The Bertz CT molecular complexity index is 800. The van der Waals surface area contributed by atoms with Gasteiger partial charge in [-0.05, 0) is 31.4 Å². The predicted molar refractivity (Wildman–Crippen MR) is 89.9 cm³/mol. The molecule has 24 heavy (non-hydrogen) atoms. The average Bonchev–Trinajstić information content (AvgIpc) is 2.60. The second-order valence-electron chi connectivity index (χ2n) is 5.95. The van der Waals surface area contributed by atoms with Crippen molar-refractivity contribution in [3.05, 3.63) is 57.8 Å². The minimum Gasteiger partial charge on any atom is -0.480 e. The maximum Gasteiger partial charge on any atom is 0.263 e. The summed E-state index contributed by atoms with van der Waals surface area (Å²) < 4.78 is 5.94. The third-order valence-electron chi connectivity index (χ3n) is 4.33. The van der Waals surface area contributed by atoms with Gasteiger partial charge in [0.1, 0.15) is 5.75 Å². The number of para-hydroxylation sites is 1. The van der Waals surface area contributed by atoms with Crippen molar-refractivity contribution in [2.45, 2.75) is 39.3 Å². The van der Waals surface area contributed by atoms with Crippen LogP contribution in [0.25, 0.3) is 0 Å². The number of amides is 1. The smallest absolute Gasteiger partial charge is 0.263 e. The number of ether oxygens (including phenoxy) is 1. The van der Waals surface area contributed by atoms with E-state index < -0.39 is 6.10 Å². The molecule has 1 aromatic heterocycles. The van der Waals surface area contributed by atoms with Gasteiger partial charge in [0.05, 0.1) is 18.6 Å². The first-order chi connectivity index (χ1) is 11.6. The van der Waals surface area contributed by atoms with Crippen LogP contribution in [0, 0.1) is 6.92 Å². The van der Waals surface area contributed by atoms with E-state index in [4.69, 9.17) is 4.74 Å². The summed E-state index contributed by atoms with van der Waals surface area (Å²) in [5.74, 6) is 0.665. The lowest BCUT2D eigenvalue weighted by atomic mass is 10.1. The minimum atomic E-state index is -0.533. The first-order valence-electron chi connectivity index (χ1n) is 8.16. The number of aryl methyl sites for hydroxylation is 1. The zero-order valence-corrected chi connectivity index (χ0v) is 13.9. The fraction of sp³-hybridized carbons (Fsp3) is 0.389. The number of nitrogens with one attached hydrogen (secondary N) is 1. The normalized spacial score (nSPS) is 14.8. The largest absolute Gasteiger partial charge is 0.480 e. The Balaban J connectivity index is 1.75. The Labute approximate surface area is 140 Å². The summed E-state index contributed by atoms with van der Waals surface area (Å²) in [7, 11) is 0. The van der Waals surface area contributed by atoms with Crippen LogP contribution < -0.4 is 10.3 Å². The molecule has 0 saturated heterocycles. The van der Waals surface area contributed by atoms with E-state index >= 15 is 0 Å². The highest BCUT2D eigenvalue weighted by Gasteiger charge is 2.29. The summed E-state index contributed by atoms with van der Waals surface area (Å²) in [4.78, 5) is 33.1. The number of aromatic amines is 1. The Kier molecular flexibility index (Phi) is 4.64. The van der Waals surface area contributed by atoms with Crippen molar-refractivity contribution in [1.29, 1.82) is 0 Å². The number of nitrogens with zero attached hydrogens (tertiary/aromatic N) is 2. The van der Waals surface area contributed by atoms with Crippen molar-refractivity contribution in [3.63, 3.8) is 0 Å². The van der Waals surface area contributed by atoms with Crippen LogP contribution in [0.4, 0.5) is 0 Å². The maximum absolute atomic E-state index is 12.8. The molecule has 6 heteroatoms. The predicted octanol–water partition coefficient (Wildman–Crippen LogP) is 1.82. The number of H-pyrrole nitrogens is 1. The fourth-order valence-corrected chi connectivity index (χ4v) is 2.91. The third-order valence-corrected chi connectivity index (χ3v) is 4.33. The zero-order valence-electron chi connectivity index (χ0n) is 13.9. The van der Waals surface area contributed by atoms with E-state index in [0.29, 0.717) is 37.2 Å². The van der Waals surface area contributed by atoms with Gasteiger partial charge >= 0.3 is 0 Å². The van der Waals surface area contributed by atoms with Gasteiger partial charge in [-0.1, -0.05) is 25.1 Å². The molecule has 1 aromatic carbocycles. The lowest BCUT2D eigenvalue weighted by Crippen LogP contribution is -2.45. The molecule has 0 aliphatic carbocycles. The van der Waals surface area contributed by atoms with Crippen LogP contribution in [-0.2, 0) is 17.8 Å². The van der Waals surface area contributed by atoms with Gasteiger partial charge in [-0.2, -0.15) is 0 Å². The summed E-state index contributed by atoms with van der Waals surface area (Å²) >= 11 is 0. The summed E-state index contributed by atoms with van der Waals surface area (Å²) in [5.41, 5.74) is 2.23. The Morgan fingerprint density at radius 1 is 1.42 bits per heavy atom. The second-order valence-corrected chi connectivity index (χ2v) is 5.95. The first-order valence-corrected chi connectivity index (χ1v) is 8.16. The standard InChI is InChI=1S/C18H21N3O3/c1-3-15(24-16-7-5-4-6-12(16)2)18(23)21-9-8-13-14(10-21)19-11-20-17(13)22/h4-7,11,15H,3,8-10H2,1-2H3,(H,19,20,22)/t15-/m0/s1. The van der Waals surface area contributed by atoms with Crippen LogP contribution in [0.2, 0.25) is 0 Å². The maximum atomic E-state index is 12.8. The molecule has 0 spiro atoms. The molecular weight excluding hydrogens is 306 g/mol. The number of benzene rings is 1. The summed E-state index contributed by atoms with van der Waals surface area (Å²) in [6.07, 6.45) is 1.95. The third kappa shape index (κ3) is 3.18. The number of hydrogen-bond acceptors (Lipinski definition) is 4. The van der Waals surface area contributed by atoms with Crippen molar-refractivity contribution in [2.75, 3.05) is 6.54 Å². The van der Waals surface area contributed by atoms with Gasteiger partial charge in [0.15, 0.2) is 6.10 Å². The highest BCUT2D eigenvalue weighted by atomic mass is 16.5. The van der Waals surface area contributed by atoms with Gasteiger partial charge in [0, 0.05) is 12.1 Å². The number of rotatable bonds is 4. The van der Waals surface area contributed by atoms with Crippen LogP contribution in [0.1, 0.15) is 30.2 Å². The van der Waals surface area contributed by atoms with Crippen molar-refractivity contribution in [1.82, 2.24) is 14.9 Å². The van der Waals surface area contributed by atoms with E-state index in [2.05, 4.69) is 9.97 Å². The number of carbonyl (C=O) groups excluding carboxylic acids is 1. The number of hydrogen-bond donors (Lipinski definition) is 1. The van der Waals surface area contributed by atoms with Gasteiger partial charge in [-0.3, -0.25) is 9.59 Å². The highest BCUT2D eigenvalue weighted by Crippen LogP contribution is 2.21. The Hall–Kier alpha value is -2.63. The summed E-state index contributed by atoms with van der Waals surface area (Å²) in [5, 5.41) is 0. The van der Waals surface area contributed by atoms with E-state index in [1.54, 1.807) is 4.90 Å². The number of fused-ring (bicyclic) bond motifs is 1. The number of aromatic nitrogens is 2. The molecule has 0 saturated carbocycles. The van der Waals surface area contributed by atoms with Crippen LogP contribution in [0.15, 0.2) is 35.4 Å². The van der Waals surface area contributed by atoms with E-state index in [0.717, 1.165) is 11.3 Å². The molecule has 2 aromatic rings. The van der Waals surface area contributed by atoms with Crippen LogP contribution in [-0.4, -0.2) is 33.4 Å². The van der Waals surface area contributed by atoms with E-state index in [1.165, 1.54) is 6.33 Å². The van der Waals surface area contributed by atoms with Crippen LogP contribution in [0.5, 0.6) is 5.75 Å². The Morgan fingerprint density at radius 2 is 2.21 bits per heavy atom. The summed E-state index contributed by atoms with van der Waals surface area (Å²) in [6, 6.07) is 7.67. The van der Waals surface area contributed by atoms with Gasteiger partial charge in [-0.25, -0.2) is 4.98 Å². The molecule has 0 unspecified atom stereocenters. The van der Waals surface area contributed by atoms with Gasteiger partial charge < -0.3 is 14.6 Å². The number of carbonyl (C=O) groups is 1. The van der Waals surface area contributed by atoms with E-state index in [-0.39, 0.29) is 11.5 Å². The molecule has 6 nitrogen and oxygen atoms in total. The Morgan fingerprint density at radius 3 is 2.96 bits per heavy atom. The minimum absolute atomic E-state index is 0.0616. The lowest BCUT2D eigenvalue weighted by Gasteiger charge is -2.30. The fourth-order valence-electron chi connectivity index (χ4n) is 2.91. The van der Waals surface area contributed by atoms with Gasteiger partial charge in [0.25, 0.3) is 11.5 Å². The molecule has 0 fully saturated rings. The van der Waals surface area contributed by atoms with Crippen LogP contribution >= 0.6 is 0 Å². The molecule has 1 atom stereocenters. The first kappa shape index (κ1) is 16.2. The van der Waals surface area contributed by atoms with Crippen molar-refractivity contribution < 1.29 is 9.53 Å². The summed E-state index contributed by atoms with van der Waals surface area (Å²) in [6.45, 7) is 4.75. The van der Waals surface area contributed by atoms with Crippen molar-refractivity contribution in [3.8, 4) is 5.75 Å². The molecule has 0 bridgehead atoms. The van der Waals surface area contributed by atoms with E-state index in [9.17, 15) is 9.59 Å². The van der Waals surface area contributed by atoms with Crippen LogP contribution in [0.3, 0.4) is 0 Å². The monoisotopic (exact) mass is 327 g/mol. The quantitative estimate of drug-likeness (QED) is 0.929. The molecule has 0 radical (unpaired) electrons. The molecule has 2 heterocycles. The highest BCUT2D eigenvalue weighted by molar-refractivity contribution is 5.81.